The monoisotopic (exact) mass is 313 g/mol. The number of benzene rings is 1. The Hall–Kier alpha value is -2.76. The van der Waals surface area contributed by atoms with E-state index < -0.39 is 0 Å². The predicted octanol–water partition coefficient (Wildman–Crippen LogP) is 3.21. The van der Waals surface area contributed by atoms with Gasteiger partial charge in [-0.15, -0.1) is 0 Å². The maximum Gasteiger partial charge on any atom is 0.267 e. The normalized spacial score (nSPS) is 11.1. The second-order valence-corrected chi connectivity index (χ2v) is 5.51. The van der Waals surface area contributed by atoms with E-state index in [0.717, 1.165) is 5.76 Å². The third-order valence-corrected chi connectivity index (χ3v) is 3.51. The minimum atomic E-state index is -0.380. The maximum absolute atomic E-state index is 13.9. The van der Waals surface area contributed by atoms with Crippen molar-refractivity contribution in [1.29, 1.82) is 0 Å². The van der Waals surface area contributed by atoms with Gasteiger partial charge in [0.1, 0.15) is 17.3 Å². The molecule has 5 nitrogen and oxygen atoms in total. The zero-order valence-corrected chi connectivity index (χ0v) is 12.9. The van der Waals surface area contributed by atoms with Gasteiger partial charge in [0.2, 0.25) is 0 Å². The van der Waals surface area contributed by atoms with Gasteiger partial charge in [0.15, 0.2) is 6.39 Å². The quantitative estimate of drug-likeness (QED) is 0.742. The van der Waals surface area contributed by atoms with E-state index in [4.69, 9.17) is 4.42 Å². The Bertz CT molecular complexity index is 883. The molecule has 0 radical (unpaired) electrons. The van der Waals surface area contributed by atoms with Gasteiger partial charge in [-0.05, 0) is 18.2 Å². The molecule has 0 aliphatic rings. The molecule has 0 aliphatic carbocycles. The van der Waals surface area contributed by atoms with Crippen LogP contribution >= 0.6 is 0 Å². The standard InChI is InChI=1S/C17H16FN3O2/c1-11(2)17-15(19-10-23-17)9-21-16(22)8-7-14(20-21)12-5-3-4-6-13(12)18/h3-8,10-11H,9H2,1-2H3. The Kier molecular flexibility index (Phi) is 4.06. The molecule has 1 aromatic carbocycles. The fourth-order valence-corrected chi connectivity index (χ4v) is 2.38. The summed E-state index contributed by atoms with van der Waals surface area (Å²) in [6.45, 7) is 4.15. The lowest BCUT2D eigenvalue weighted by atomic mass is 10.1. The summed E-state index contributed by atoms with van der Waals surface area (Å²) in [4.78, 5) is 16.2. The summed E-state index contributed by atoms with van der Waals surface area (Å²) in [5.74, 6) is 0.488. The van der Waals surface area contributed by atoms with Gasteiger partial charge in [-0.2, -0.15) is 5.10 Å². The molecular formula is C17H16FN3O2. The molecule has 6 heteroatoms. The van der Waals surface area contributed by atoms with Crippen LogP contribution in [0.15, 0.2) is 52.0 Å². The molecule has 23 heavy (non-hydrogen) atoms. The van der Waals surface area contributed by atoms with Crippen LogP contribution in [-0.2, 0) is 6.54 Å². The lowest BCUT2D eigenvalue weighted by molar-refractivity contribution is 0.475. The minimum Gasteiger partial charge on any atom is -0.448 e. The molecule has 0 atom stereocenters. The van der Waals surface area contributed by atoms with Crippen LogP contribution in [0.25, 0.3) is 11.3 Å². The van der Waals surface area contributed by atoms with Gasteiger partial charge in [-0.1, -0.05) is 26.0 Å². The van der Waals surface area contributed by atoms with E-state index in [1.165, 1.54) is 29.3 Å². The molecule has 118 valence electrons. The summed E-state index contributed by atoms with van der Waals surface area (Å²) in [5, 5.41) is 4.26. The van der Waals surface area contributed by atoms with Gasteiger partial charge in [0.25, 0.3) is 5.56 Å². The zero-order chi connectivity index (χ0) is 16.4. The van der Waals surface area contributed by atoms with Gasteiger partial charge in [0, 0.05) is 17.5 Å². The molecule has 2 aromatic heterocycles. The van der Waals surface area contributed by atoms with E-state index >= 15 is 0 Å². The molecule has 2 heterocycles. The van der Waals surface area contributed by atoms with Crippen molar-refractivity contribution in [3.63, 3.8) is 0 Å². The first-order valence-corrected chi connectivity index (χ1v) is 7.31. The van der Waals surface area contributed by atoms with Crippen molar-refractivity contribution in [3.8, 4) is 11.3 Å². The molecule has 0 bridgehead atoms. The van der Waals surface area contributed by atoms with Crippen molar-refractivity contribution in [2.24, 2.45) is 0 Å². The van der Waals surface area contributed by atoms with E-state index in [1.807, 2.05) is 13.8 Å². The Morgan fingerprint density at radius 2 is 2.00 bits per heavy atom. The topological polar surface area (TPSA) is 60.9 Å². The van der Waals surface area contributed by atoms with E-state index in [0.29, 0.717) is 17.0 Å². The molecular weight excluding hydrogens is 297 g/mol. The Morgan fingerprint density at radius 1 is 1.22 bits per heavy atom. The van der Waals surface area contributed by atoms with Gasteiger partial charge in [0.05, 0.1) is 12.2 Å². The number of hydrogen-bond donors (Lipinski definition) is 0. The Morgan fingerprint density at radius 3 is 2.74 bits per heavy atom. The van der Waals surface area contributed by atoms with E-state index in [9.17, 15) is 9.18 Å². The summed E-state index contributed by atoms with van der Waals surface area (Å²) >= 11 is 0. The van der Waals surface area contributed by atoms with Crippen LogP contribution < -0.4 is 5.56 Å². The highest BCUT2D eigenvalue weighted by Crippen LogP contribution is 2.20. The van der Waals surface area contributed by atoms with E-state index in [2.05, 4.69) is 10.1 Å². The molecule has 3 aromatic rings. The van der Waals surface area contributed by atoms with Crippen LogP contribution in [0.2, 0.25) is 0 Å². The largest absolute Gasteiger partial charge is 0.448 e. The molecule has 0 aliphatic heterocycles. The summed E-state index contributed by atoms with van der Waals surface area (Å²) in [7, 11) is 0. The summed E-state index contributed by atoms with van der Waals surface area (Å²) in [5.41, 5.74) is 1.13. The Balaban J connectivity index is 2.00. The van der Waals surface area contributed by atoms with Gasteiger partial charge in [-0.3, -0.25) is 4.79 Å². The first-order chi connectivity index (χ1) is 11.1. The van der Waals surface area contributed by atoms with E-state index in [1.54, 1.807) is 18.2 Å². The average Bonchev–Trinajstić information content (AvgIpc) is 2.98. The van der Waals surface area contributed by atoms with Crippen LogP contribution in [0.1, 0.15) is 31.2 Å². The van der Waals surface area contributed by atoms with Crippen LogP contribution in [0.5, 0.6) is 0 Å². The van der Waals surface area contributed by atoms with Crippen molar-refractivity contribution in [2.45, 2.75) is 26.3 Å². The highest BCUT2D eigenvalue weighted by atomic mass is 19.1. The minimum absolute atomic E-state index is 0.151. The predicted molar refractivity (Wildman–Crippen MR) is 83.6 cm³/mol. The average molecular weight is 313 g/mol. The lowest BCUT2D eigenvalue weighted by Gasteiger charge is -2.08. The molecule has 0 saturated heterocycles. The second kappa shape index (κ2) is 6.16. The van der Waals surface area contributed by atoms with Crippen LogP contribution in [-0.4, -0.2) is 14.8 Å². The molecule has 0 fully saturated rings. The second-order valence-electron chi connectivity index (χ2n) is 5.51. The fourth-order valence-electron chi connectivity index (χ4n) is 2.38. The van der Waals surface area contributed by atoms with Crippen molar-refractivity contribution < 1.29 is 8.81 Å². The highest BCUT2D eigenvalue weighted by molar-refractivity contribution is 5.58. The molecule has 0 spiro atoms. The highest BCUT2D eigenvalue weighted by Gasteiger charge is 2.14. The maximum atomic E-state index is 13.9. The van der Waals surface area contributed by atoms with Gasteiger partial charge < -0.3 is 4.42 Å². The number of rotatable bonds is 4. The smallest absolute Gasteiger partial charge is 0.267 e. The number of hydrogen-bond acceptors (Lipinski definition) is 4. The third-order valence-electron chi connectivity index (χ3n) is 3.51. The van der Waals surface area contributed by atoms with Gasteiger partial charge >= 0.3 is 0 Å². The van der Waals surface area contributed by atoms with Crippen molar-refractivity contribution in [3.05, 3.63) is 70.4 Å². The molecule has 3 rings (SSSR count). The summed E-state index contributed by atoms with van der Waals surface area (Å²) in [6.07, 6.45) is 1.36. The van der Waals surface area contributed by atoms with E-state index in [-0.39, 0.29) is 23.8 Å². The summed E-state index contributed by atoms with van der Waals surface area (Å²) in [6, 6.07) is 9.22. The van der Waals surface area contributed by atoms with Crippen LogP contribution in [0.4, 0.5) is 4.39 Å². The van der Waals surface area contributed by atoms with Crippen LogP contribution in [0, 0.1) is 5.82 Å². The third kappa shape index (κ3) is 3.06. The molecule has 0 saturated carbocycles. The lowest BCUT2D eigenvalue weighted by Crippen LogP contribution is -2.23. The number of oxazole rings is 1. The zero-order valence-electron chi connectivity index (χ0n) is 12.9. The number of halogens is 1. The Labute approximate surface area is 132 Å². The molecule has 0 amide bonds. The van der Waals surface area contributed by atoms with Crippen molar-refractivity contribution >= 4 is 0 Å². The van der Waals surface area contributed by atoms with Crippen LogP contribution in [0.3, 0.4) is 0 Å². The SMILES string of the molecule is CC(C)c1ocnc1Cn1nc(-c2ccccc2F)ccc1=O. The number of aromatic nitrogens is 3. The molecule has 0 unspecified atom stereocenters. The van der Waals surface area contributed by atoms with Gasteiger partial charge in [-0.25, -0.2) is 14.1 Å². The number of nitrogens with zero attached hydrogens (tertiary/aromatic N) is 3. The van der Waals surface area contributed by atoms with Crippen molar-refractivity contribution in [1.82, 2.24) is 14.8 Å². The van der Waals surface area contributed by atoms with Crippen molar-refractivity contribution in [2.75, 3.05) is 0 Å². The molecule has 0 N–H and O–H groups in total. The first kappa shape index (κ1) is 15.1. The summed E-state index contributed by atoms with van der Waals surface area (Å²) < 4.78 is 20.5. The first-order valence-electron chi connectivity index (χ1n) is 7.31. The fraction of sp³-hybridized carbons (Fsp3) is 0.235.